The molecule has 0 radical (unpaired) electrons. The maximum absolute atomic E-state index is 6.09. The molecule has 1 aliphatic carbocycles. The van der Waals surface area contributed by atoms with Gasteiger partial charge in [-0.25, -0.2) is 0 Å². The molecular formula is C18H27NO2. The van der Waals surface area contributed by atoms with Crippen molar-refractivity contribution in [3.63, 3.8) is 0 Å². The third-order valence-electron chi connectivity index (χ3n) is 5.23. The predicted molar refractivity (Wildman–Crippen MR) is 84.5 cm³/mol. The Hall–Kier alpha value is -0.900. The van der Waals surface area contributed by atoms with Crippen molar-refractivity contribution in [2.45, 2.75) is 56.8 Å². The first-order valence-corrected chi connectivity index (χ1v) is 8.27. The topological polar surface area (TPSA) is 30.5 Å². The smallest absolute Gasteiger partial charge is 0.0843 e. The lowest BCUT2D eigenvalue weighted by molar-refractivity contribution is -0.111. The van der Waals surface area contributed by atoms with Crippen LogP contribution in [0.25, 0.3) is 0 Å². The van der Waals surface area contributed by atoms with Crippen LogP contribution >= 0.6 is 0 Å². The lowest BCUT2D eigenvalue weighted by atomic mass is 9.72. The van der Waals surface area contributed by atoms with E-state index in [4.69, 9.17) is 9.47 Å². The van der Waals surface area contributed by atoms with E-state index in [0.717, 1.165) is 38.8 Å². The molecule has 0 saturated heterocycles. The number of fused-ring (bicyclic) bond motifs is 1. The zero-order chi connectivity index (χ0) is 14.7. The van der Waals surface area contributed by atoms with E-state index in [-0.39, 0.29) is 11.7 Å². The molecule has 1 aromatic carbocycles. The summed E-state index contributed by atoms with van der Waals surface area (Å²) >= 11 is 0. The van der Waals surface area contributed by atoms with Crippen LogP contribution < -0.4 is 5.32 Å². The van der Waals surface area contributed by atoms with Gasteiger partial charge in [-0.3, -0.25) is 0 Å². The van der Waals surface area contributed by atoms with Crippen LogP contribution in [-0.2, 0) is 15.9 Å². The molecule has 1 fully saturated rings. The molecule has 3 rings (SSSR count). The molecule has 1 aliphatic heterocycles. The second kappa shape index (κ2) is 6.47. The summed E-state index contributed by atoms with van der Waals surface area (Å²) in [5.74, 6) is 0. The molecule has 1 saturated carbocycles. The molecule has 2 atom stereocenters. The van der Waals surface area contributed by atoms with E-state index in [2.05, 4.69) is 36.5 Å². The number of benzene rings is 1. The Labute approximate surface area is 128 Å². The maximum atomic E-state index is 6.09. The van der Waals surface area contributed by atoms with E-state index in [0.29, 0.717) is 6.04 Å². The second-order valence-electron chi connectivity index (χ2n) is 6.28. The standard InChI is InChI=1S/C18H27NO2/c1-3-19-17(18(20-2)10-6-11-18)13-16-15-8-5-4-7-14(15)9-12-21-16/h4-5,7-8,16-17,19H,3,6,9-13H2,1-2H3. The van der Waals surface area contributed by atoms with Crippen molar-refractivity contribution in [1.29, 1.82) is 0 Å². The minimum absolute atomic E-state index is 0.0196. The molecule has 2 unspecified atom stereocenters. The quantitative estimate of drug-likeness (QED) is 0.872. The molecule has 0 amide bonds. The van der Waals surface area contributed by atoms with Crippen LogP contribution in [-0.4, -0.2) is 31.9 Å². The summed E-state index contributed by atoms with van der Waals surface area (Å²) in [5.41, 5.74) is 2.84. The highest BCUT2D eigenvalue weighted by Crippen LogP contribution is 2.42. The van der Waals surface area contributed by atoms with Crippen LogP contribution in [0.3, 0.4) is 0 Å². The Morgan fingerprint density at radius 2 is 2.19 bits per heavy atom. The van der Waals surface area contributed by atoms with Gasteiger partial charge in [-0.05, 0) is 49.8 Å². The summed E-state index contributed by atoms with van der Waals surface area (Å²) < 4.78 is 12.0. The van der Waals surface area contributed by atoms with Gasteiger partial charge in [0.05, 0.1) is 18.3 Å². The molecule has 1 aromatic rings. The largest absolute Gasteiger partial charge is 0.377 e. The lowest BCUT2D eigenvalue weighted by Crippen LogP contribution is -2.57. The summed E-state index contributed by atoms with van der Waals surface area (Å²) in [6, 6.07) is 9.09. The van der Waals surface area contributed by atoms with E-state index in [1.807, 2.05) is 7.11 Å². The Bertz CT molecular complexity index is 465. The SMILES string of the molecule is CCNC(CC1OCCc2ccccc21)C1(OC)CCC1. The van der Waals surface area contributed by atoms with Crippen LogP contribution in [0.1, 0.15) is 49.8 Å². The number of nitrogens with one attached hydrogen (secondary N) is 1. The summed E-state index contributed by atoms with van der Waals surface area (Å²) in [5, 5.41) is 3.65. The second-order valence-corrected chi connectivity index (χ2v) is 6.28. The highest BCUT2D eigenvalue weighted by molar-refractivity contribution is 5.31. The van der Waals surface area contributed by atoms with E-state index < -0.39 is 0 Å². The molecule has 0 bridgehead atoms. The van der Waals surface area contributed by atoms with Crippen LogP contribution in [0.2, 0.25) is 0 Å². The Morgan fingerprint density at radius 1 is 1.38 bits per heavy atom. The van der Waals surface area contributed by atoms with Crippen molar-refractivity contribution in [1.82, 2.24) is 5.32 Å². The van der Waals surface area contributed by atoms with Crippen LogP contribution in [0.4, 0.5) is 0 Å². The van der Waals surface area contributed by atoms with Crippen LogP contribution in [0.15, 0.2) is 24.3 Å². The minimum Gasteiger partial charge on any atom is -0.377 e. The molecule has 1 heterocycles. The normalized spacial score (nSPS) is 25.0. The first kappa shape index (κ1) is 15.0. The average molecular weight is 289 g/mol. The fraction of sp³-hybridized carbons (Fsp3) is 0.667. The van der Waals surface area contributed by atoms with Gasteiger partial charge in [0.25, 0.3) is 0 Å². The van der Waals surface area contributed by atoms with E-state index >= 15 is 0 Å². The summed E-state index contributed by atoms with van der Waals surface area (Å²) in [6.07, 6.45) is 5.84. The maximum Gasteiger partial charge on any atom is 0.0843 e. The lowest BCUT2D eigenvalue weighted by Gasteiger charge is -2.48. The first-order valence-electron chi connectivity index (χ1n) is 8.27. The number of likely N-dealkylation sites (N-methyl/N-ethyl adjacent to an activating group) is 1. The Morgan fingerprint density at radius 3 is 2.86 bits per heavy atom. The van der Waals surface area contributed by atoms with Crippen LogP contribution in [0.5, 0.6) is 0 Å². The fourth-order valence-corrected chi connectivity index (χ4v) is 3.84. The van der Waals surface area contributed by atoms with Gasteiger partial charge in [0.2, 0.25) is 0 Å². The van der Waals surface area contributed by atoms with Gasteiger partial charge in [-0.2, -0.15) is 0 Å². The molecule has 21 heavy (non-hydrogen) atoms. The zero-order valence-electron chi connectivity index (χ0n) is 13.2. The fourth-order valence-electron chi connectivity index (χ4n) is 3.84. The monoisotopic (exact) mass is 289 g/mol. The molecular weight excluding hydrogens is 262 g/mol. The van der Waals surface area contributed by atoms with Crippen molar-refractivity contribution in [3.8, 4) is 0 Å². The highest BCUT2D eigenvalue weighted by atomic mass is 16.5. The van der Waals surface area contributed by atoms with Gasteiger partial charge >= 0.3 is 0 Å². The van der Waals surface area contributed by atoms with Crippen molar-refractivity contribution < 1.29 is 9.47 Å². The number of ether oxygens (including phenoxy) is 2. The van der Waals surface area contributed by atoms with E-state index in [9.17, 15) is 0 Å². The molecule has 3 nitrogen and oxygen atoms in total. The van der Waals surface area contributed by atoms with Crippen molar-refractivity contribution in [2.75, 3.05) is 20.3 Å². The summed E-state index contributed by atoms with van der Waals surface area (Å²) in [7, 11) is 1.86. The molecule has 0 aromatic heterocycles. The van der Waals surface area contributed by atoms with E-state index in [1.54, 1.807) is 0 Å². The van der Waals surface area contributed by atoms with Gasteiger partial charge in [0.1, 0.15) is 0 Å². The van der Waals surface area contributed by atoms with Crippen molar-refractivity contribution in [3.05, 3.63) is 35.4 Å². The zero-order valence-corrected chi connectivity index (χ0v) is 13.2. The molecule has 116 valence electrons. The van der Waals surface area contributed by atoms with Gasteiger partial charge in [0, 0.05) is 13.2 Å². The third kappa shape index (κ3) is 2.87. The van der Waals surface area contributed by atoms with Gasteiger partial charge in [-0.1, -0.05) is 31.2 Å². The first-order chi connectivity index (χ1) is 10.3. The number of hydrogen-bond donors (Lipinski definition) is 1. The molecule has 2 aliphatic rings. The third-order valence-corrected chi connectivity index (χ3v) is 5.23. The highest BCUT2D eigenvalue weighted by Gasteiger charge is 2.45. The number of rotatable bonds is 6. The molecule has 1 N–H and O–H groups in total. The van der Waals surface area contributed by atoms with Gasteiger partial charge in [-0.15, -0.1) is 0 Å². The minimum atomic E-state index is 0.0196. The van der Waals surface area contributed by atoms with Crippen molar-refractivity contribution >= 4 is 0 Å². The van der Waals surface area contributed by atoms with Crippen LogP contribution in [0, 0.1) is 0 Å². The average Bonchev–Trinajstić information content (AvgIpc) is 2.47. The Kier molecular flexibility index (Phi) is 4.63. The van der Waals surface area contributed by atoms with Gasteiger partial charge < -0.3 is 14.8 Å². The van der Waals surface area contributed by atoms with E-state index in [1.165, 1.54) is 17.5 Å². The Balaban J connectivity index is 1.77. The van der Waals surface area contributed by atoms with Gasteiger partial charge in [0.15, 0.2) is 0 Å². The van der Waals surface area contributed by atoms with Crippen molar-refractivity contribution in [2.24, 2.45) is 0 Å². The number of hydrogen-bond acceptors (Lipinski definition) is 3. The summed E-state index contributed by atoms with van der Waals surface area (Å²) in [6.45, 7) is 3.98. The number of methoxy groups -OCH3 is 1. The molecule has 0 spiro atoms. The molecule has 3 heteroatoms. The summed E-state index contributed by atoms with van der Waals surface area (Å²) in [4.78, 5) is 0. The predicted octanol–water partition coefficient (Wildman–Crippen LogP) is 3.24.